The van der Waals surface area contributed by atoms with Gasteiger partial charge < -0.3 is 10.8 Å². The third kappa shape index (κ3) is 1.13. The van der Waals surface area contributed by atoms with Gasteiger partial charge in [0.15, 0.2) is 0 Å². The largest absolute Gasteiger partial charge is 0.480 e. The zero-order valence-electron chi connectivity index (χ0n) is 7.46. The molecule has 0 amide bonds. The molecule has 3 N–H and O–H groups in total. The van der Waals surface area contributed by atoms with Crippen molar-refractivity contribution in [2.24, 2.45) is 5.73 Å². The lowest BCUT2D eigenvalue weighted by atomic mass is 9.93. The van der Waals surface area contributed by atoms with E-state index in [9.17, 15) is 4.79 Å². The minimum Gasteiger partial charge on any atom is -0.480 e. The van der Waals surface area contributed by atoms with Gasteiger partial charge in [-0.05, 0) is 30.0 Å². The summed E-state index contributed by atoms with van der Waals surface area (Å²) in [5.74, 6) is -0.987. The number of carboxylic acid groups (broad SMARTS) is 1. The lowest BCUT2D eigenvalue weighted by Gasteiger charge is -2.19. The Balaban J connectivity index is 2.60. The molecule has 0 saturated carbocycles. The Morgan fingerprint density at radius 2 is 2.29 bits per heavy atom. The molecule has 0 aliphatic heterocycles. The number of nitrogens with two attached hydrogens (primary N) is 1. The number of hydrogen-bond donors (Lipinski definition) is 2. The van der Waals surface area contributed by atoms with Crippen LogP contribution < -0.4 is 5.73 Å². The summed E-state index contributed by atoms with van der Waals surface area (Å²) in [6.07, 6.45) is 1.05. The van der Waals surface area contributed by atoms with Crippen molar-refractivity contribution in [1.82, 2.24) is 0 Å². The van der Waals surface area contributed by atoms with E-state index in [1.165, 1.54) is 0 Å². The summed E-state index contributed by atoms with van der Waals surface area (Å²) < 4.78 is 0. The normalized spacial score (nSPS) is 24.7. The van der Waals surface area contributed by atoms with Crippen LogP contribution in [0, 0.1) is 0 Å². The van der Waals surface area contributed by atoms with Crippen LogP contribution >= 0.6 is 11.6 Å². The second-order valence-corrected chi connectivity index (χ2v) is 3.95. The Morgan fingerprint density at radius 1 is 1.57 bits per heavy atom. The lowest BCUT2D eigenvalue weighted by molar-refractivity contribution is -0.143. The maximum atomic E-state index is 11.0. The molecule has 0 radical (unpaired) electrons. The highest BCUT2D eigenvalue weighted by Gasteiger charge is 2.42. The Labute approximate surface area is 86.5 Å². The van der Waals surface area contributed by atoms with E-state index in [-0.39, 0.29) is 0 Å². The van der Waals surface area contributed by atoms with E-state index in [1.807, 2.05) is 0 Å². The Bertz CT molecular complexity index is 405. The summed E-state index contributed by atoms with van der Waals surface area (Å²) in [7, 11) is 0. The van der Waals surface area contributed by atoms with Crippen molar-refractivity contribution in [2.75, 3.05) is 0 Å². The number of fused-ring (bicyclic) bond motifs is 1. The van der Waals surface area contributed by atoms with Crippen LogP contribution in [0.3, 0.4) is 0 Å². The Morgan fingerprint density at radius 3 is 2.93 bits per heavy atom. The van der Waals surface area contributed by atoms with Gasteiger partial charge in [0.25, 0.3) is 0 Å². The third-order valence-electron chi connectivity index (χ3n) is 2.75. The van der Waals surface area contributed by atoms with Crippen molar-refractivity contribution < 1.29 is 9.90 Å². The molecule has 3 nitrogen and oxygen atoms in total. The highest BCUT2D eigenvalue weighted by molar-refractivity contribution is 6.31. The van der Waals surface area contributed by atoms with Gasteiger partial charge in [-0.25, -0.2) is 4.79 Å². The average Bonchev–Trinajstić information content (AvgIpc) is 2.47. The van der Waals surface area contributed by atoms with E-state index in [0.717, 1.165) is 5.56 Å². The predicted octanol–water partition coefficient (Wildman–Crippen LogP) is 1.52. The summed E-state index contributed by atoms with van der Waals surface area (Å²) in [5.41, 5.74) is 6.10. The van der Waals surface area contributed by atoms with Crippen LogP contribution in [0.4, 0.5) is 0 Å². The minimum atomic E-state index is -1.25. The van der Waals surface area contributed by atoms with Gasteiger partial charge in [-0.3, -0.25) is 0 Å². The molecule has 1 aromatic carbocycles. The fourth-order valence-corrected chi connectivity index (χ4v) is 2.18. The summed E-state index contributed by atoms with van der Waals surface area (Å²) in [4.78, 5) is 11.0. The first-order chi connectivity index (χ1) is 6.55. The molecule has 4 heteroatoms. The van der Waals surface area contributed by atoms with Crippen molar-refractivity contribution in [3.8, 4) is 0 Å². The molecule has 1 aliphatic rings. The van der Waals surface area contributed by atoms with E-state index in [4.69, 9.17) is 22.4 Å². The number of benzene rings is 1. The first-order valence-corrected chi connectivity index (χ1v) is 4.73. The molecule has 0 fully saturated rings. The summed E-state index contributed by atoms with van der Waals surface area (Å²) in [5, 5.41) is 9.65. The maximum absolute atomic E-state index is 11.0. The Hall–Kier alpha value is -1.06. The molecular weight excluding hydrogens is 202 g/mol. The van der Waals surface area contributed by atoms with Crippen LogP contribution in [-0.4, -0.2) is 11.1 Å². The second-order valence-electron chi connectivity index (χ2n) is 3.54. The quantitative estimate of drug-likeness (QED) is 0.741. The van der Waals surface area contributed by atoms with E-state index < -0.39 is 11.5 Å². The van der Waals surface area contributed by atoms with E-state index in [0.29, 0.717) is 23.4 Å². The van der Waals surface area contributed by atoms with Crippen LogP contribution in [0.25, 0.3) is 0 Å². The highest BCUT2D eigenvalue weighted by Crippen LogP contribution is 2.38. The standard InChI is InChI=1S/C10H10ClNO2/c11-8-3-1-2-7-6(8)4-5-10(7,12)9(13)14/h1-3H,4-5,12H2,(H,13,14). The smallest absolute Gasteiger partial charge is 0.328 e. The van der Waals surface area contributed by atoms with Crippen molar-refractivity contribution in [3.05, 3.63) is 34.3 Å². The molecule has 74 valence electrons. The molecule has 14 heavy (non-hydrogen) atoms. The van der Waals surface area contributed by atoms with E-state index >= 15 is 0 Å². The van der Waals surface area contributed by atoms with E-state index in [2.05, 4.69) is 0 Å². The first-order valence-electron chi connectivity index (χ1n) is 4.36. The molecule has 2 rings (SSSR count). The molecule has 1 aromatic rings. The number of carbonyl (C=O) groups is 1. The van der Waals surface area contributed by atoms with Gasteiger partial charge in [-0.1, -0.05) is 23.7 Å². The van der Waals surface area contributed by atoms with E-state index in [1.54, 1.807) is 18.2 Å². The minimum absolute atomic E-state index is 0.418. The van der Waals surface area contributed by atoms with Gasteiger partial charge in [-0.2, -0.15) is 0 Å². The van der Waals surface area contributed by atoms with Gasteiger partial charge in [0, 0.05) is 5.02 Å². The summed E-state index contributed by atoms with van der Waals surface area (Å²) in [6, 6.07) is 5.23. The lowest BCUT2D eigenvalue weighted by Crippen LogP contribution is -2.42. The first kappa shape index (κ1) is 9.49. The summed E-state index contributed by atoms with van der Waals surface area (Å²) in [6.45, 7) is 0. The van der Waals surface area contributed by atoms with Gasteiger partial charge in [0.05, 0.1) is 0 Å². The predicted molar refractivity (Wildman–Crippen MR) is 53.3 cm³/mol. The fourth-order valence-electron chi connectivity index (χ4n) is 1.91. The zero-order valence-corrected chi connectivity index (χ0v) is 8.21. The monoisotopic (exact) mass is 211 g/mol. The Kier molecular flexibility index (Phi) is 2.01. The topological polar surface area (TPSA) is 63.3 Å². The molecule has 0 heterocycles. The summed E-state index contributed by atoms with van der Waals surface area (Å²) >= 11 is 5.95. The third-order valence-corrected chi connectivity index (χ3v) is 3.10. The van der Waals surface area contributed by atoms with Gasteiger partial charge >= 0.3 is 5.97 Å². The van der Waals surface area contributed by atoms with Crippen LogP contribution in [0.15, 0.2) is 18.2 Å². The molecule has 1 unspecified atom stereocenters. The molecule has 1 aliphatic carbocycles. The van der Waals surface area contributed by atoms with Gasteiger partial charge in [0.1, 0.15) is 5.54 Å². The van der Waals surface area contributed by atoms with Gasteiger partial charge in [-0.15, -0.1) is 0 Å². The molecule has 0 bridgehead atoms. The van der Waals surface area contributed by atoms with Crippen LogP contribution in [0.5, 0.6) is 0 Å². The molecule has 1 atom stereocenters. The van der Waals surface area contributed by atoms with Crippen LogP contribution in [0.2, 0.25) is 5.02 Å². The number of aliphatic carboxylic acids is 1. The second kappa shape index (κ2) is 2.97. The molecule has 0 aromatic heterocycles. The van der Waals surface area contributed by atoms with Gasteiger partial charge in [0.2, 0.25) is 0 Å². The van der Waals surface area contributed by atoms with Crippen LogP contribution in [0.1, 0.15) is 17.5 Å². The number of carboxylic acids is 1. The van der Waals surface area contributed by atoms with Crippen molar-refractivity contribution in [1.29, 1.82) is 0 Å². The number of rotatable bonds is 1. The van der Waals surface area contributed by atoms with Crippen molar-refractivity contribution in [3.63, 3.8) is 0 Å². The van der Waals surface area contributed by atoms with Crippen molar-refractivity contribution >= 4 is 17.6 Å². The molecular formula is C10H10ClNO2. The highest BCUT2D eigenvalue weighted by atomic mass is 35.5. The molecule has 0 spiro atoms. The van der Waals surface area contributed by atoms with Crippen LogP contribution in [-0.2, 0) is 16.8 Å². The van der Waals surface area contributed by atoms with Crippen molar-refractivity contribution in [2.45, 2.75) is 18.4 Å². The average molecular weight is 212 g/mol. The number of halogens is 1. The SMILES string of the molecule is NC1(C(=O)O)CCc2c(Cl)cccc21. The fraction of sp³-hybridized carbons (Fsp3) is 0.300. The molecule has 0 saturated heterocycles. The maximum Gasteiger partial charge on any atom is 0.328 e. The number of hydrogen-bond acceptors (Lipinski definition) is 2. The zero-order chi connectivity index (χ0) is 10.3.